The summed E-state index contributed by atoms with van der Waals surface area (Å²) in [5.41, 5.74) is 0. The number of hydrogen-bond donors (Lipinski definition) is 1. The fourth-order valence-corrected chi connectivity index (χ4v) is 10.1. The van der Waals surface area contributed by atoms with Crippen molar-refractivity contribution in [3.8, 4) is 0 Å². The molecule has 0 saturated heterocycles. The van der Waals surface area contributed by atoms with Crippen LogP contribution in [0.1, 0.15) is 330 Å². The number of aliphatic hydroxyl groups is 1. The van der Waals surface area contributed by atoms with E-state index in [9.17, 15) is 14.9 Å². The Morgan fingerprint density at radius 2 is 0.533 bits per heavy atom. The van der Waals surface area contributed by atoms with Gasteiger partial charge in [0, 0.05) is 6.42 Å². The second kappa shape index (κ2) is 72.7. The van der Waals surface area contributed by atoms with Gasteiger partial charge in [-0.05, 0) is 32.6 Å². The summed E-state index contributed by atoms with van der Waals surface area (Å²) >= 11 is 0. The Morgan fingerprint density at radius 3 is 0.680 bits per heavy atom. The van der Waals surface area contributed by atoms with Gasteiger partial charge >= 0.3 is 21.7 Å². The van der Waals surface area contributed by atoms with E-state index in [0.29, 0.717) is 46.1 Å². The topological polar surface area (TPSA) is 122 Å². The smallest absolute Gasteiger partial charge is 0.786 e. The van der Waals surface area contributed by atoms with Crippen molar-refractivity contribution >= 4 is 17.2 Å². The molecule has 12 heteroatoms. The summed E-state index contributed by atoms with van der Waals surface area (Å²) in [6.45, 7) is 22.7. The van der Waals surface area contributed by atoms with E-state index in [0.717, 1.165) is 25.7 Å². The molecule has 0 aromatic rings. The molecule has 0 aromatic heterocycles. The minimum atomic E-state index is -1.91. The summed E-state index contributed by atoms with van der Waals surface area (Å²) in [5.74, 6) is -0.942. The van der Waals surface area contributed by atoms with E-state index in [1.54, 1.807) is 19.1 Å². The van der Waals surface area contributed by atoms with Gasteiger partial charge in [0.05, 0.1) is 56.8 Å². The average Bonchev–Trinajstić information content (AvgIpc) is 3.40. The molecule has 0 aliphatic heterocycles. The van der Waals surface area contributed by atoms with Crippen molar-refractivity contribution in [1.29, 1.82) is 0 Å². The molecule has 0 amide bonds. The molecule has 0 aliphatic rings. The third kappa shape index (κ3) is 68.9. The van der Waals surface area contributed by atoms with E-state index in [1.807, 2.05) is 6.92 Å². The fraction of sp³-hybridized carbons (Fsp3) is 0.937. The van der Waals surface area contributed by atoms with E-state index in [2.05, 4.69) is 40.9 Å². The SMILES string of the molecule is C=CCOC(CC)(OCC=C)C(C)O.CCCCCCCCCCCCCOP([O-])OCCCCCCCCCCCCC.CCCCCCCCCCCCCOP([O-])OCCCCCCCCCCCCC.[Ti+2]. The summed E-state index contributed by atoms with van der Waals surface area (Å²) in [4.78, 5) is 23.4. The molecule has 1 atom stereocenters. The van der Waals surface area contributed by atoms with Gasteiger partial charge in [0.25, 0.3) is 0 Å². The standard InChI is InChI=1S/2C26H54O3P.C11H20O3.Ti/c2*1-3-5-7-9-11-13-15-17-19-21-23-25-28-30(27)29-26-24-22-20-18-16-14-12-10-8-6-4-2;1-5-8-13-11(7-3,10(4)12)14-9-6-2;/h2*3-26H2,1-2H3;5-6,10,12H,1-2,7-9H2,3-4H3;/q2*-1;;+2. The maximum Gasteiger partial charge on any atom is 2.00 e. The molecule has 0 saturated carbocycles. The molecular formula is C63H128O9P2Ti. The van der Waals surface area contributed by atoms with Crippen LogP contribution >= 0.6 is 17.2 Å². The maximum atomic E-state index is 11.7. The molecular weight excluding hydrogens is 1010 g/mol. The van der Waals surface area contributed by atoms with Crippen LogP contribution in [0.5, 0.6) is 0 Å². The van der Waals surface area contributed by atoms with Crippen LogP contribution in [0.4, 0.5) is 0 Å². The minimum absolute atomic E-state index is 0. The van der Waals surface area contributed by atoms with E-state index in [4.69, 9.17) is 27.6 Å². The predicted octanol–water partition coefficient (Wildman–Crippen LogP) is 20.3. The van der Waals surface area contributed by atoms with E-state index < -0.39 is 29.1 Å². The number of aliphatic hydroxyl groups excluding tert-OH is 1. The molecule has 0 bridgehead atoms. The Morgan fingerprint density at radius 1 is 0.360 bits per heavy atom. The van der Waals surface area contributed by atoms with Crippen molar-refractivity contribution < 1.29 is 64.2 Å². The number of ether oxygens (including phenoxy) is 2. The molecule has 0 rings (SSSR count). The Labute approximate surface area is 486 Å². The van der Waals surface area contributed by atoms with Gasteiger partial charge in [0.15, 0.2) is 5.79 Å². The zero-order valence-electron chi connectivity index (χ0n) is 50.8. The molecule has 1 unspecified atom stereocenters. The Balaban J connectivity index is -0.000000533. The first-order valence-electron chi connectivity index (χ1n) is 31.9. The molecule has 0 radical (unpaired) electrons. The molecule has 0 heterocycles. The quantitative estimate of drug-likeness (QED) is 0.0209. The van der Waals surface area contributed by atoms with Crippen LogP contribution in [0.15, 0.2) is 25.3 Å². The third-order valence-corrected chi connectivity index (χ3v) is 15.4. The van der Waals surface area contributed by atoms with Crippen molar-refractivity contribution in [2.24, 2.45) is 0 Å². The van der Waals surface area contributed by atoms with Gasteiger partial charge in [-0.15, -0.1) is 13.2 Å². The molecule has 9 nitrogen and oxygen atoms in total. The van der Waals surface area contributed by atoms with Crippen molar-refractivity contribution in [3.63, 3.8) is 0 Å². The minimum Gasteiger partial charge on any atom is -0.786 e. The van der Waals surface area contributed by atoms with Crippen LogP contribution in [0.25, 0.3) is 0 Å². The van der Waals surface area contributed by atoms with E-state index in [1.165, 1.54) is 257 Å². The van der Waals surface area contributed by atoms with Gasteiger partial charge in [0.2, 0.25) is 0 Å². The summed E-state index contributed by atoms with van der Waals surface area (Å²) in [6, 6.07) is 0. The molecule has 1 N–H and O–H groups in total. The third-order valence-electron chi connectivity index (χ3n) is 13.8. The van der Waals surface area contributed by atoms with Crippen LogP contribution in [0.3, 0.4) is 0 Å². The van der Waals surface area contributed by atoms with Gasteiger partial charge < -0.3 is 42.5 Å². The van der Waals surface area contributed by atoms with Crippen LogP contribution in [0, 0.1) is 0 Å². The van der Waals surface area contributed by atoms with Gasteiger partial charge in [-0.25, -0.2) is 0 Å². The van der Waals surface area contributed by atoms with E-state index >= 15 is 0 Å². The summed E-state index contributed by atoms with van der Waals surface area (Å²) in [5, 5.41) is 9.60. The Kier molecular flexibility index (Phi) is 79.7. The van der Waals surface area contributed by atoms with Crippen LogP contribution in [0.2, 0.25) is 0 Å². The van der Waals surface area contributed by atoms with Gasteiger partial charge in [-0.2, -0.15) is 0 Å². The average molecular weight is 1140 g/mol. The molecule has 0 aliphatic carbocycles. The molecule has 448 valence electrons. The normalized spacial score (nSPS) is 11.8. The fourth-order valence-electron chi connectivity index (χ4n) is 8.88. The maximum absolute atomic E-state index is 11.7. The number of unbranched alkanes of at least 4 members (excludes halogenated alkanes) is 40. The second-order valence-corrected chi connectivity index (χ2v) is 22.9. The predicted molar refractivity (Wildman–Crippen MR) is 320 cm³/mol. The van der Waals surface area contributed by atoms with Crippen molar-refractivity contribution in [3.05, 3.63) is 25.3 Å². The first-order valence-corrected chi connectivity index (χ1v) is 34.1. The molecule has 0 fully saturated rings. The molecule has 0 spiro atoms. The first-order chi connectivity index (χ1) is 36.2. The molecule has 0 aromatic carbocycles. The van der Waals surface area contributed by atoms with Gasteiger partial charge in [-0.3, -0.25) is 0 Å². The summed E-state index contributed by atoms with van der Waals surface area (Å²) in [6.07, 6.45) is 61.1. The monoisotopic (exact) mass is 1140 g/mol. The van der Waals surface area contributed by atoms with Crippen molar-refractivity contribution in [2.45, 2.75) is 342 Å². The summed E-state index contributed by atoms with van der Waals surface area (Å²) in [7, 11) is -3.81. The van der Waals surface area contributed by atoms with Crippen LogP contribution < -0.4 is 9.79 Å². The second-order valence-electron chi connectivity index (χ2n) is 21.0. The number of rotatable bonds is 60. The van der Waals surface area contributed by atoms with Crippen molar-refractivity contribution in [2.75, 3.05) is 39.6 Å². The van der Waals surface area contributed by atoms with Crippen LogP contribution in [-0.4, -0.2) is 56.6 Å². The first kappa shape index (κ1) is 82.2. The summed E-state index contributed by atoms with van der Waals surface area (Å²) < 4.78 is 32.2. The zero-order chi connectivity index (χ0) is 55.0. The van der Waals surface area contributed by atoms with Gasteiger partial charge in [0.1, 0.15) is 6.10 Å². The Hall–Kier alpha value is 0.694. The number of hydrogen-bond acceptors (Lipinski definition) is 9. The Bertz CT molecular complexity index is 907. The molecule has 75 heavy (non-hydrogen) atoms. The largest absolute Gasteiger partial charge is 2.00 e. The van der Waals surface area contributed by atoms with Crippen LogP contribution in [-0.2, 0) is 49.3 Å². The van der Waals surface area contributed by atoms with Crippen molar-refractivity contribution in [1.82, 2.24) is 0 Å². The van der Waals surface area contributed by atoms with Gasteiger partial charge in [-0.1, -0.05) is 304 Å². The zero-order valence-corrected chi connectivity index (χ0v) is 54.2. The van der Waals surface area contributed by atoms with E-state index in [-0.39, 0.29) is 21.7 Å².